The number of benzene rings is 2. The number of quaternary nitrogens is 1. The number of nitrogens with zero attached hydrogens (tertiary/aromatic N) is 1. The zero-order valence-electron chi connectivity index (χ0n) is 14.2. The van der Waals surface area contributed by atoms with Gasteiger partial charge in [-0.2, -0.15) is 0 Å². The fraction of sp³-hybridized carbons (Fsp3) is 0.368. The van der Waals surface area contributed by atoms with Crippen LogP contribution in [-0.2, 0) is 6.42 Å². The molecule has 5 nitrogen and oxygen atoms in total. The van der Waals surface area contributed by atoms with Gasteiger partial charge >= 0.3 is 0 Å². The average molecular weight is 329 g/mol. The molecule has 5 heteroatoms. The Kier molecular flexibility index (Phi) is 6.46. The Morgan fingerprint density at radius 1 is 1.17 bits per heavy atom. The minimum Gasteiger partial charge on any atom is -0.382 e. The molecule has 0 spiro atoms. The first-order chi connectivity index (χ1) is 11.5. The van der Waals surface area contributed by atoms with Crippen LogP contribution in [0.2, 0.25) is 0 Å². The number of aryl methyl sites for hydroxylation is 1. The lowest BCUT2D eigenvalue weighted by Crippen LogP contribution is -3.13. The van der Waals surface area contributed by atoms with Crippen molar-refractivity contribution in [3.05, 3.63) is 75.8 Å². The van der Waals surface area contributed by atoms with E-state index in [1.807, 2.05) is 18.2 Å². The van der Waals surface area contributed by atoms with E-state index in [9.17, 15) is 15.2 Å². The minimum atomic E-state index is -0.705. The number of nitrogens with one attached hydrogen (secondary N) is 1. The Bertz CT molecular complexity index is 661. The average Bonchev–Trinajstić information content (AvgIpc) is 2.60. The molecule has 0 aromatic heterocycles. The van der Waals surface area contributed by atoms with E-state index in [1.54, 1.807) is 12.1 Å². The van der Waals surface area contributed by atoms with Gasteiger partial charge in [0.05, 0.1) is 18.0 Å². The zero-order chi connectivity index (χ0) is 17.5. The number of non-ortho nitro benzene ring substituents is 1. The van der Waals surface area contributed by atoms with Gasteiger partial charge in [-0.25, -0.2) is 0 Å². The van der Waals surface area contributed by atoms with Gasteiger partial charge in [0, 0.05) is 18.6 Å². The second-order valence-electron chi connectivity index (χ2n) is 6.34. The number of likely N-dealkylation sites (N-methyl/N-ethyl adjacent to an activating group) is 1. The molecule has 0 aliphatic rings. The van der Waals surface area contributed by atoms with Crippen LogP contribution in [0.5, 0.6) is 0 Å². The molecule has 0 heterocycles. The maximum Gasteiger partial charge on any atom is 0.269 e. The first-order valence-electron chi connectivity index (χ1n) is 8.26. The third-order valence-electron chi connectivity index (χ3n) is 4.53. The Balaban J connectivity index is 1.89. The summed E-state index contributed by atoms with van der Waals surface area (Å²) in [5, 5.41) is 21.2. The van der Waals surface area contributed by atoms with Crippen molar-refractivity contribution in [1.29, 1.82) is 0 Å². The molecule has 2 N–H and O–H groups in total. The van der Waals surface area contributed by atoms with Crippen molar-refractivity contribution in [1.82, 2.24) is 0 Å². The van der Waals surface area contributed by atoms with E-state index in [4.69, 9.17) is 0 Å². The molecule has 2 aromatic carbocycles. The maximum atomic E-state index is 10.8. The fourth-order valence-electron chi connectivity index (χ4n) is 2.74. The van der Waals surface area contributed by atoms with Crippen LogP contribution >= 0.6 is 0 Å². The minimum absolute atomic E-state index is 0.0151. The Labute approximate surface area is 142 Å². The van der Waals surface area contributed by atoms with Crippen molar-refractivity contribution in [2.75, 3.05) is 13.6 Å². The van der Waals surface area contributed by atoms with Crippen LogP contribution < -0.4 is 4.90 Å². The van der Waals surface area contributed by atoms with Crippen molar-refractivity contribution in [2.24, 2.45) is 0 Å². The smallest absolute Gasteiger partial charge is 0.269 e. The Morgan fingerprint density at radius 3 is 2.54 bits per heavy atom. The van der Waals surface area contributed by atoms with Crippen LogP contribution in [0, 0.1) is 10.1 Å². The van der Waals surface area contributed by atoms with E-state index >= 15 is 0 Å². The highest BCUT2D eigenvalue weighted by Crippen LogP contribution is 2.18. The maximum absolute atomic E-state index is 10.8. The van der Waals surface area contributed by atoms with Crippen molar-refractivity contribution < 1.29 is 14.9 Å². The first-order valence-corrected chi connectivity index (χ1v) is 8.26. The van der Waals surface area contributed by atoms with Crippen LogP contribution in [0.15, 0.2) is 54.6 Å². The molecular weight excluding hydrogens is 304 g/mol. The lowest BCUT2D eigenvalue weighted by atomic mass is 10.0. The molecule has 0 bridgehead atoms. The topological polar surface area (TPSA) is 67.8 Å². The van der Waals surface area contributed by atoms with E-state index in [2.05, 4.69) is 26.1 Å². The SMILES string of the molecule is C[C@H](CCc1ccccc1)[NH+](C)C[C@H](O)c1cccc([N+](=O)[O-])c1. The van der Waals surface area contributed by atoms with Gasteiger partial charge in [0.15, 0.2) is 0 Å². The normalized spacial score (nSPS) is 14.8. The molecule has 0 aliphatic carbocycles. The van der Waals surface area contributed by atoms with Crippen molar-refractivity contribution >= 4 is 5.69 Å². The summed E-state index contributed by atoms with van der Waals surface area (Å²) >= 11 is 0. The monoisotopic (exact) mass is 329 g/mol. The lowest BCUT2D eigenvalue weighted by Gasteiger charge is -2.24. The third kappa shape index (κ3) is 5.15. The van der Waals surface area contributed by atoms with E-state index in [0.29, 0.717) is 18.2 Å². The molecule has 1 unspecified atom stereocenters. The number of nitro benzene ring substituents is 1. The summed E-state index contributed by atoms with van der Waals surface area (Å²) in [7, 11) is 2.05. The molecule has 2 rings (SSSR count). The standard InChI is InChI=1S/C19H24N2O3/c1-15(11-12-16-7-4-3-5-8-16)20(2)14-19(22)17-9-6-10-18(13-17)21(23)24/h3-10,13,15,19,22H,11-12,14H2,1-2H3/p+1/t15-,19+/m1/s1. The second-order valence-corrected chi connectivity index (χ2v) is 6.34. The van der Waals surface area contributed by atoms with Gasteiger partial charge in [0.25, 0.3) is 5.69 Å². The van der Waals surface area contributed by atoms with E-state index in [1.165, 1.54) is 22.6 Å². The van der Waals surface area contributed by atoms with Crippen LogP contribution in [0.25, 0.3) is 0 Å². The van der Waals surface area contributed by atoms with Gasteiger partial charge in [-0.05, 0) is 24.5 Å². The van der Waals surface area contributed by atoms with Gasteiger partial charge < -0.3 is 10.0 Å². The Hall–Kier alpha value is -2.24. The largest absolute Gasteiger partial charge is 0.382 e. The summed E-state index contributed by atoms with van der Waals surface area (Å²) < 4.78 is 0. The molecule has 0 fully saturated rings. The molecule has 0 saturated heterocycles. The number of hydrogen-bond acceptors (Lipinski definition) is 3. The van der Waals surface area contributed by atoms with Crippen LogP contribution in [0.1, 0.15) is 30.6 Å². The van der Waals surface area contributed by atoms with Gasteiger partial charge in [0.2, 0.25) is 0 Å². The quantitative estimate of drug-likeness (QED) is 0.576. The Morgan fingerprint density at radius 2 is 1.88 bits per heavy atom. The summed E-state index contributed by atoms with van der Waals surface area (Å²) in [6.45, 7) is 2.69. The van der Waals surface area contributed by atoms with Crippen LogP contribution in [-0.4, -0.2) is 29.7 Å². The van der Waals surface area contributed by atoms with Gasteiger partial charge in [0.1, 0.15) is 12.6 Å². The molecule has 0 aliphatic heterocycles. The molecule has 0 radical (unpaired) electrons. The summed E-state index contributed by atoms with van der Waals surface area (Å²) in [6.07, 6.45) is 1.33. The highest BCUT2D eigenvalue weighted by molar-refractivity contribution is 5.35. The summed E-state index contributed by atoms with van der Waals surface area (Å²) in [6, 6.07) is 17.0. The predicted molar refractivity (Wildman–Crippen MR) is 94.0 cm³/mol. The number of rotatable bonds is 8. The van der Waals surface area contributed by atoms with E-state index in [-0.39, 0.29) is 5.69 Å². The number of aliphatic hydroxyl groups excluding tert-OH is 1. The number of hydrogen-bond donors (Lipinski definition) is 2. The van der Waals surface area contributed by atoms with Crippen LogP contribution in [0.4, 0.5) is 5.69 Å². The molecule has 24 heavy (non-hydrogen) atoms. The molecule has 2 aromatic rings. The molecule has 0 saturated carbocycles. The van der Waals surface area contributed by atoms with Gasteiger partial charge in [-0.1, -0.05) is 42.5 Å². The highest BCUT2D eigenvalue weighted by Gasteiger charge is 2.20. The van der Waals surface area contributed by atoms with Gasteiger partial charge in [-0.3, -0.25) is 10.1 Å². The van der Waals surface area contributed by atoms with Crippen molar-refractivity contribution in [2.45, 2.75) is 31.9 Å². The van der Waals surface area contributed by atoms with E-state index < -0.39 is 11.0 Å². The zero-order valence-corrected chi connectivity index (χ0v) is 14.2. The van der Waals surface area contributed by atoms with Crippen molar-refractivity contribution in [3.8, 4) is 0 Å². The van der Waals surface area contributed by atoms with Crippen molar-refractivity contribution in [3.63, 3.8) is 0 Å². The first kappa shape index (κ1) is 18.1. The molecular formula is C19H25N2O3+. The number of nitro groups is 1. The lowest BCUT2D eigenvalue weighted by molar-refractivity contribution is -0.908. The van der Waals surface area contributed by atoms with E-state index in [0.717, 1.165) is 12.8 Å². The summed E-state index contributed by atoms with van der Waals surface area (Å²) in [4.78, 5) is 11.6. The summed E-state index contributed by atoms with van der Waals surface area (Å²) in [5.41, 5.74) is 1.93. The fourth-order valence-corrected chi connectivity index (χ4v) is 2.74. The molecule has 128 valence electrons. The highest BCUT2D eigenvalue weighted by atomic mass is 16.6. The predicted octanol–water partition coefficient (Wildman–Crippen LogP) is 2.16. The van der Waals surface area contributed by atoms with Gasteiger partial charge in [-0.15, -0.1) is 0 Å². The summed E-state index contributed by atoms with van der Waals surface area (Å²) in [5.74, 6) is 0. The second kappa shape index (κ2) is 8.57. The molecule has 0 amide bonds. The molecule has 3 atom stereocenters. The number of aliphatic hydroxyl groups is 1. The van der Waals surface area contributed by atoms with Crippen LogP contribution in [0.3, 0.4) is 0 Å². The third-order valence-corrected chi connectivity index (χ3v) is 4.53.